The van der Waals surface area contributed by atoms with Gasteiger partial charge in [0.1, 0.15) is 17.2 Å². The lowest BCUT2D eigenvalue weighted by Crippen LogP contribution is -2.23. The van der Waals surface area contributed by atoms with Crippen LogP contribution in [0.2, 0.25) is 0 Å². The minimum absolute atomic E-state index is 0.0714. The van der Waals surface area contributed by atoms with Crippen molar-refractivity contribution in [2.24, 2.45) is 0 Å². The Bertz CT molecular complexity index is 855. The molecule has 154 valence electrons. The SMILES string of the molecule is COc1cc(/C=C/C(=O)O[C@@H](C)C(=O)c2ccc(OC(F)F)cc2)cc(OC)c1. The van der Waals surface area contributed by atoms with Crippen LogP contribution < -0.4 is 14.2 Å². The van der Waals surface area contributed by atoms with Gasteiger partial charge in [0.05, 0.1) is 14.2 Å². The third kappa shape index (κ3) is 6.60. The van der Waals surface area contributed by atoms with Gasteiger partial charge < -0.3 is 18.9 Å². The smallest absolute Gasteiger partial charge is 0.387 e. The molecule has 0 unspecified atom stereocenters. The predicted molar refractivity (Wildman–Crippen MR) is 102 cm³/mol. The molecular weight excluding hydrogens is 386 g/mol. The van der Waals surface area contributed by atoms with Crippen molar-refractivity contribution in [2.75, 3.05) is 14.2 Å². The van der Waals surface area contributed by atoms with Gasteiger partial charge in [-0.05, 0) is 55.0 Å². The minimum atomic E-state index is -2.95. The lowest BCUT2D eigenvalue weighted by atomic mass is 10.1. The molecule has 0 aliphatic heterocycles. The van der Waals surface area contributed by atoms with Gasteiger partial charge in [0.25, 0.3) is 0 Å². The predicted octanol–water partition coefficient (Wildman–Crippen LogP) is 4.13. The largest absolute Gasteiger partial charge is 0.497 e. The summed E-state index contributed by atoms with van der Waals surface area (Å²) in [6, 6.07) is 10.2. The van der Waals surface area contributed by atoms with Crippen molar-refractivity contribution in [2.45, 2.75) is 19.6 Å². The number of Topliss-reactive ketones (excluding diaryl/α,β-unsaturated/α-hetero) is 1. The Labute approximate surface area is 166 Å². The van der Waals surface area contributed by atoms with Crippen LogP contribution in [0, 0.1) is 0 Å². The Morgan fingerprint density at radius 2 is 1.52 bits per heavy atom. The van der Waals surface area contributed by atoms with Gasteiger partial charge in [0, 0.05) is 17.7 Å². The molecular formula is C21H20F2O6. The first-order chi connectivity index (χ1) is 13.8. The number of ketones is 1. The molecule has 2 rings (SSSR count). The molecule has 8 heteroatoms. The van der Waals surface area contributed by atoms with Crippen LogP contribution in [0.1, 0.15) is 22.8 Å². The summed E-state index contributed by atoms with van der Waals surface area (Å²) in [6.07, 6.45) is 1.62. The maximum Gasteiger partial charge on any atom is 0.387 e. The molecule has 0 bridgehead atoms. The highest BCUT2D eigenvalue weighted by molar-refractivity contribution is 6.01. The third-order valence-electron chi connectivity index (χ3n) is 3.81. The highest BCUT2D eigenvalue weighted by Gasteiger charge is 2.19. The van der Waals surface area contributed by atoms with E-state index in [2.05, 4.69) is 4.74 Å². The van der Waals surface area contributed by atoms with Gasteiger partial charge in [0.2, 0.25) is 5.78 Å². The summed E-state index contributed by atoms with van der Waals surface area (Å²) in [5.41, 5.74) is 0.847. The lowest BCUT2D eigenvalue weighted by Gasteiger charge is -2.11. The summed E-state index contributed by atoms with van der Waals surface area (Å²) in [5.74, 6) is -0.151. The number of rotatable bonds is 9. The molecule has 1 atom stereocenters. The van der Waals surface area contributed by atoms with E-state index in [0.29, 0.717) is 17.1 Å². The normalized spacial score (nSPS) is 11.9. The maximum atomic E-state index is 12.3. The number of carbonyl (C=O) groups excluding carboxylic acids is 2. The fourth-order valence-electron chi connectivity index (χ4n) is 2.39. The average Bonchev–Trinajstić information content (AvgIpc) is 2.71. The third-order valence-corrected chi connectivity index (χ3v) is 3.81. The molecule has 0 fully saturated rings. The topological polar surface area (TPSA) is 71.1 Å². The van der Waals surface area contributed by atoms with E-state index < -0.39 is 24.5 Å². The monoisotopic (exact) mass is 406 g/mol. The molecule has 6 nitrogen and oxygen atoms in total. The first-order valence-corrected chi connectivity index (χ1v) is 8.53. The van der Waals surface area contributed by atoms with Crippen molar-refractivity contribution in [1.29, 1.82) is 0 Å². The van der Waals surface area contributed by atoms with Gasteiger partial charge in [0.15, 0.2) is 6.10 Å². The fraction of sp³-hybridized carbons (Fsp3) is 0.238. The highest BCUT2D eigenvalue weighted by atomic mass is 19.3. The van der Waals surface area contributed by atoms with Crippen LogP contribution in [0.4, 0.5) is 8.78 Å². The van der Waals surface area contributed by atoms with Crippen LogP contribution in [0.3, 0.4) is 0 Å². The van der Waals surface area contributed by atoms with Crippen LogP contribution in [0.25, 0.3) is 6.08 Å². The van der Waals surface area contributed by atoms with E-state index in [4.69, 9.17) is 14.2 Å². The van der Waals surface area contributed by atoms with Gasteiger partial charge in [-0.3, -0.25) is 4.79 Å². The van der Waals surface area contributed by atoms with E-state index in [0.717, 1.165) is 0 Å². The molecule has 0 saturated carbocycles. The second kappa shape index (κ2) is 10.2. The maximum absolute atomic E-state index is 12.3. The Kier molecular flexibility index (Phi) is 7.70. The van der Waals surface area contributed by atoms with E-state index in [1.807, 2.05) is 0 Å². The van der Waals surface area contributed by atoms with Gasteiger partial charge in [-0.1, -0.05) is 0 Å². The van der Waals surface area contributed by atoms with Crippen LogP contribution in [0.15, 0.2) is 48.5 Å². The highest BCUT2D eigenvalue weighted by Crippen LogP contribution is 2.23. The number of ether oxygens (including phenoxy) is 4. The number of carbonyl (C=O) groups is 2. The molecule has 0 heterocycles. The lowest BCUT2D eigenvalue weighted by molar-refractivity contribution is -0.140. The van der Waals surface area contributed by atoms with E-state index in [9.17, 15) is 18.4 Å². The quantitative estimate of drug-likeness (QED) is 0.354. The molecule has 2 aromatic carbocycles. The fourth-order valence-corrected chi connectivity index (χ4v) is 2.39. The number of methoxy groups -OCH3 is 2. The minimum Gasteiger partial charge on any atom is -0.497 e. The van der Waals surface area contributed by atoms with Gasteiger partial charge in [-0.2, -0.15) is 8.78 Å². The van der Waals surface area contributed by atoms with Gasteiger partial charge in [-0.25, -0.2) is 4.79 Å². The summed E-state index contributed by atoms with van der Waals surface area (Å²) in [6.45, 7) is -1.53. The molecule has 0 spiro atoms. The molecule has 0 amide bonds. The van der Waals surface area contributed by atoms with E-state index in [1.54, 1.807) is 18.2 Å². The second-order valence-corrected chi connectivity index (χ2v) is 5.83. The van der Waals surface area contributed by atoms with Crippen LogP contribution in [-0.4, -0.2) is 38.7 Å². The molecule has 0 N–H and O–H groups in total. The standard InChI is InChI=1S/C21H20F2O6/c1-13(20(25)15-5-7-16(8-6-15)29-21(22)23)28-19(24)9-4-14-10-17(26-2)12-18(11-14)27-3/h4-13,21H,1-3H3/b9-4+/t13-/m0/s1. The number of halogens is 2. The summed E-state index contributed by atoms with van der Waals surface area (Å²) in [5, 5.41) is 0. The van der Waals surface area contributed by atoms with Crippen molar-refractivity contribution >= 4 is 17.8 Å². The first kappa shape index (κ1) is 21.9. The number of hydrogen-bond acceptors (Lipinski definition) is 6. The van der Waals surface area contributed by atoms with Crippen molar-refractivity contribution in [3.05, 3.63) is 59.7 Å². The number of hydrogen-bond donors (Lipinski definition) is 0. The number of esters is 1. The van der Waals surface area contributed by atoms with Crippen molar-refractivity contribution in [3.8, 4) is 17.2 Å². The van der Waals surface area contributed by atoms with Crippen molar-refractivity contribution < 1.29 is 37.3 Å². The zero-order valence-electron chi connectivity index (χ0n) is 16.1. The first-order valence-electron chi connectivity index (χ1n) is 8.53. The Morgan fingerprint density at radius 3 is 2.03 bits per heavy atom. The Morgan fingerprint density at radius 1 is 0.931 bits per heavy atom. The molecule has 0 aliphatic rings. The Hall–Kier alpha value is -3.42. The van der Waals surface area contributed by atoms with Gasteiger partial charge in [-0.15, -0.1) is 0 Å². The molecule has 0 aliphatic carbocycles. The number of benzene rings is 2. The molecule has 0 saturated heterocycles. The van der Waals surface area contributed by atoms with E-state index >= 15 is 0 Å². The van der Waals surface area contributed by atoms with Crippen molar-refractivity contribution in [1.82, 2.24) is 0 Å². The van der Waals surface area contributed by atoms with Crippen molar-refractivity contribution in [3.63, 3.8) is 0 Å². The summed E-state index contributed by atoms with van der Waals surface area (Å²) in [4.78, 5) is 24.4. The van der Waals surface area contributed by atoms with Crippen LogP contribution >= 0.6 is 0 Å². The molecule has 0 aromatic heterocycles. The van der Waals surface area contributed by atoms with Gasteiger partial charge >= 0.3 is 12.6 Å². The van der Waals surface area contributed by atoms with E-state index in [1.165, 1.54) is 57.6 Å². The summed E-state index contributed by atoms with van der Waals surface area (Å²) in [7, 11) is 3.02. The summed E-state index contributed by atoms with van der Waals surface area (Å²) < 4.78 is 44.0. The number of alkyl halides is 2. The van der Waals surface area contributed by atoms with E-state index in [-0.39, 0.29) is 11.3 Å². The molecule has 0 radical (unpaired) electrons. The zero-order valence-corrected chi connectivity index (χ0v) is 16.1. The Balaban J connectivity index is 1.99. The van der Waals surface area contributed by atoms with Crippen LogP contribution in [0.5, 0.6) is 17.2 Å². The van der Waals surface area contributed by atoms with Crippen LogP contribution in [-0.2, 0) is 9.53 Å². The zero-order chi connectivity index (χ0) is 21.4. The average molecular weight is 406 g/mol. The second-order valence-electron chi connectivity index (χ2n) is 5.83. The summed E-state index contributed by atoms with van der Waals surface area (Å²) >= 11 is 0. The molecule has 29 heavy (non-hydrogen) atoms. The molecule has 2 aromatic rings.